The quantitative estimate of drug-likeness (QED) is 0.704. The third-order valence-electron chi connectivity index (χ3n) is 3.23. The van der Waals surface area contributed by atoms with Crippen LogP contribution in [0.5, 0.6) is 0 Å². The van der Waals surface area contributed by atoms with E-state index in [2.05, 4.69) is 10.6 Å². The molecule has 22 heavy (non-hydrogen) atoms. The maximum Gasteiger partial charge on any atom is 0.317 e. The largest absolute Gasteiger partial charge is 0.350 e. The van der Waals surface area contributed by atoms with Crippen LogP contribution in [0.1, 0.15) is 25.8 Å². The Kier molecular flexibility index (Phi) is 6.85. The van der Waals surface area contributed by atoms with Crippen LogP contribution in [-0.2, 0) is 11.3 Å². The van der Waals surface area contributed by atoms with E-state index in [0.29, 0.717) is 19.6 Å². The molecule has 0 saturated carbocycles. The van der Waals surface area contributed by atoms with E-state index < -0.39 is 5.54 Å². The minimum absolute atomic E-state index is 0.124. The number of urea groups is 1. The first kappa shape index (κ1) is 18.0. The van der Waals surface area contributed by atoms with Crippen molar-refractivity contribution in [1.82, 2.24) is 15.5 Å². The van der Waals surface area contributed by atoms with Crippen molar-refractivity contribution >= 4 is 11.9 Å². The van der Waals surface area contributed by atoms with Crippen LogP contribution >= 0.6 is 0 Å². The van der Waals surface area contributed by atoms with Gasteiger partial charge in [-0.2, -0.15) is 0 Å². The summed E-state index contributed by atoms with van der Waals surface area (Å²) in [6.07, 6.45) is 0.231. The molecule has 4 N–H and O–H groups in total. The normalized spacial score (nSPS) is 10.9. The van der Waals surface area contributed by atoms with Crippen LogP contribution in [0.2, 0.25) is 0 Å². The fourth-order valence-electron chi connectivity index (χ4n) is 1.84. The first-order chi connectivity index (χ1) is 10.3. The maximum atomic E-state index is 11.9. The Morgan fingerprint density at radius 3 is 2.45 bits per heavy atom. The van der Waals surface area contributed by atoms with Gasteiger partial charge in [-0.1, -0.05) is 30.3 Å². The van der Waals surface area contributed by atoms with Gasteiger partial charge in [0.1, 0.15) is 0 Å². The number of hydrogen-bond donors (Lipinski definition) is 3. The van der Waals surface area contributed by atoms with Crippen LogP contribution < -0.4 is 16.4 Å². The lowest BCUT2D eigenvalue weighted by Crippen LogP contribution is -2.49. The Morgan fingerprint density at radius 1 is 1.23 bits per heavy atom. The third-order valence-corrected chi connectivity index (χ3v) is 3.23. The molecule has 0 heterocycles. The highest BCUT2D eigenvalue weighted by Gasteiger charge is 2.18. The fourth-order valence-corrected chi connectivity index (χ4v) is 1.84. The van der Waals surface area contributed by atoms with Crippen molar-refractivity contribution in [3.05, 3.63) is 35.9 Å². The smallest absolute Gasteiger partial charge is 0.317 e. The van der Waals surface area contributed by atoms with Gasteiger partial charge in [0.05, 0.1) is 0 Å². The van der Waals surface area contributed by atoms with Crippen LogP contribution in [-0.4, -0.2) is 42.5 Å². The van der Waals surface area contributed by atoms with Gasteiger partial charge in [0.25, 0.3) is 0 Å². The molecule has 1 rings (SSSR count). The van der Waals surface area contributed by atoms with E-state index in [0.717, 1.165) is 5.56 Å². The first-order valence-corrected chi connectivity index (χ1v) is 7.38. The molecule has 0 atom stereocenters. The Bertz CT molecular complexity index is 488. The molecule has 6 nitrogen and oxygen atoms in total. The second kappa shape index (κ2) is 8.38. The molecular formula is C16H26N4O2. The summed E-state index contributed by atoms with van der Waals surface area (Å²) in [7, 11) is 1.72. The lowest BCUT2D eigenvalue weighted by molar-refractivity contribution is -0.122. The monoisotopic (exact) mass is 306 g/mol. The van der Waals surface area contributed by atoms with Crippen molar-refractivity contribution in [2.24, 2.45) is 5.73 Å². The number of carbonyl (C=O) groups is 2. The molecular weight excluding hydrogens is 280 g/mol. The van der Waals surface area contributed by atoms with Crippen LogP contribution in [0.15, 0.2) is 30.3 Å². The molecule has 0 radical (unpaired) electrons. The van der Waals surface area contributed by atoms with Gasteiger partial charge in [0.2, 0.25) is 5.91 Å². The first-order valence-electron chi connectivity index (χ1n) is 7.38. The average molecular weight is 306 g/mol. The molecule has 0 aliphatic rings. The zero-order valence-corrected chi connectivity index (χ0v) is 13.6. The van der Waals surface area contributed by atoms with E-state index in [4.69, 9.17) is 5.73 Å². The highest BCUT2D eigenvalue weighted by Crippen LogP contribution is 2.02. The number of nitrogens with zero attached hydrogens (tertiary/aromatic N) is 1. The Labute approximate surface area is 132 Å². The zero-order chi connectivity index (χ0) is 16.6. The molecule has 122 valence electrons. The summed E-state index contributed by atoms with van der Waals surface area (Å²) in [6.45, 7) is 4.91. The zero-order valence-electron chi connectivity index (χ0n) is 13.6. The Hall–Kier alpha value is -2.08. The molecule has 3 amide bonds. The summed E-state index contributed by atoms with van der Waals surface area (Å²) in [6, 6.07) is 9.54. The van der Waals surface area contributed by atoms with Crippen molar-refractivity contribution in [1.29, 1.82) is 0 Å². The summed E-state index contributed by atoms with van der Waals surface area (Å²) < 4.78 is 0. The molecule has 0 aromatic heterocycles. The number of nitrogens with one attached hydrogen (secondary N) is 2. The number of carbonyl (C=O) groups excluding carboxylic acids is 2. The van der Waals surface area contributed by atoms with Crippen LogP contribution in [0.4, 0.5) is 4.79 Å². The summed E-state index contributed by atoms with van der Waals surface area (Å²) in [4.78, 5) is 25.2. The van der Waals surface area contributed by atoms with Gasteiger partial charge in [-0.05, 0) is 19.4 Å². The highest BCUT2D eigenvalue weighted by molar-refractivity contribution is 5.78. The van der Waals surface area contributed by atoms with Gasteiger partial charge in [0.15, 0.2) is 0 Å². The highest BCUT2D eigenvalue weighted by atomic mass is 16.2. The lowest BCUT2D eigenvalue weighted by Gasteiger charge is -2.24. The minimum atomic E-state index is -0.425. The number of hydrogen-bond acceptors (Lipinski definition) is 3. The Morgan fingerprint density at radius 2 is 1.86 bits per heavy atom. The van der Waals surface area contributed by atoms with E-state index in [-0.39, 0.29) is 18.4 Å². The SMILES string of the molecule is CN(Cc1ccccc1)C(=O)NCCC(=O)NC(C)(C)CN. The second-order valence-corrected chi connectivity index (χ2v) is 5.96. The standard InChI is InChI=1S/C16H26N4O2/c1-16(2,12-17)19-14(21)9-10-18-15(22)20(3)11-13-7-5-4-6-8-13/h4-8H,9-12,17H2,1-3H3,(H,18,22)(H,19,21). The van der Waals surface area contributed by atoms with Gasteiger partial charge in [-0.3, -0.25) is 4.79 Å². The molecule has 0 aliphatic heterocycles. The van der Waals surface area contributed by atoms with E-state index in [1.165, 1.54) is 0 Å². The van der Waals surface area contributed by atoms with Crippen LogP contribution in [0.3, 0.4) is 0 Å². The van der Waals surface area contributed by atoms with Crippen LogP contribution in [0.25, 0.3) is 0 Å². The van der Waals surface area contributed by atoms with Crippen molar-refractivity contribution in [3.8, 4) is 0 Å². The van der Waals surface area contributed by atoms with Crippen molar-refractivity contribution in [2.45, 2.75) is 32.4 Å². The van der Waals surface area contributed by atoms with E-state index in [9.17, 15) is 9.59 Å². The van der Waals surface area contributed by atoms with Gasteiger partial charge in [-0.15, -0.1) is 0 Å². The molecule has 1 aromatic rings. The number of benzene rings is 1. The summed E-state index contributed by atoms with van der Waals surface area (Å²) in [5, 5.41) is 5.55. The molecule has 0 saturated heterocycles. The Balaban J connectivity index is 2.29. The molecule has 0 bridgehead atoms. The molecule has 1 aromatic carbocycles. The second-order valence-electron chi connectivity index (χ2n) is 5.96. The van der Waals surface area contributed by atoms with Gasteiger partial charge >= 0.3 is 6.03 Å². The topological polar surface area (TPSA) is 87.5 Å². The fraction of sp³-hybridized carbons (Fsp3) is 0.500. The summed E-state index contributed by atoms with van der Waals surface area (Å²) in [5.74, 6) is -0.124. The predicted molar refractivity (Wildman–Crippen MR) is 87.2 cm³/mol. The molecule has 6 heteroatoms. The molecule has 0 aliphatic carbocycles. The third kappa shape index (κ3) is 6.58. The molecule has 0 fully saturated rings. The maximum absolute atomic E-state index is 11.9. The minimum Gasteiger partial charge on any atom is -0.350 e. The van der Waals surface area contributed by atoms with Crippen molar-refractivity contribution in [3.63, 3.8) is 0 Å². The van der Waals surface area contributed by atoms with Gasteiger partial charge in [0, 0.05) is 38.6 Å². The van der Waals surface area contributed by atoms with Crippen molar-refractivity contribution < 1.29 is 9.59 Å². The number of rotatable bonds is 7. The summed E-state index contributed by atoms with van der Waals surface area (Å²) >= 11 is 0. The van der Waals surface area contributed by atoms with E-state index in [1.54, 1.807) is 11.9 Å². The van der Waals surface area contributed by atoms with Crippen molar-refractivity contribution in [2.75, 3.05) is 20.1 Å². The summed E-state index contributed by atoms with van der Waals surface area (Å²) in [5.41, 5.74) is 6.19. The van der Waals surface area contributed by atoms with E-state index in [1.807, 2.05) is 44.2 Å². The van der Waals surface area contributed by atoms with Crippen LogP contribution in [0, 0.1) is 0 Å². The number of nitrogens with two attached hydrogens (primary N) is 1. The van der Waals surface area contributed by atoms with Gasteiger partial charge < -0.3 is 21.3 Å². The van der Waals surface area contributed by atoms with E-state index >= 15 is 0 Å². The molecule has 0 unspecified atom stereocenters. The lowest BCUT2D eigenvalue weighted by atomic mass is 10.1. The average Bonchev–Trinajstić information content (AvgIpc) is 2.47. The number of amides is 3. The predicted octanol–water partition coefficient (Wildman–Crippen LogP) is 1.07. The van der Waals surface area contributed by atoms with Gasteiger partial charge in [-0.25, -0.2) is 4.79 Å². The molecule has 0 spiro atoms.